The first-order valence-electron chi connectivity index (χ1n) is 4.82. The molecule has 4 heteroatoms. The molecule has 1 aromatic carbocycles. The molecule has 0 aromatic heterocycles. The fourth-order valence-corrected chi connectivity index (χ4v) is 1.20. The Hall–Kier alpha value is -2.28. The van der Waals surface area contributed by atoms with E-state index in [2.05, 4.69) is 0 Å². The van der Waals surface area contributed by atoms with E-state index >= 15 is 0 Å². The van der Waals surface area contributed by atoms with Gasteiger partial charge >= 0.3 is 5.97 Å². The fourth-order valence-electron chi connectivity index (χ4n) is 1.20. The molecule has 0 fully saturated rings. The van der Waals surface area contributed by atoms with Crippen LogP contribution in [0.15, 0.2) is 24.3 Å². The zero-order valence-electron chi connectivity index (χ0n) is 8.93. The molecule has 0 spiro atoms. The monoisotopic (exact) mass is 216 g/mol. The lowest BCUT2D eigenvalue weighted by atomic mass is 10.1. The Morgan fingerprint density at radius 2 is 2.38 bits per heavy atom. The van der Waals surface area contributed by atoms with Gasteiger partial charge in [0.25, 0.3) is 0 Å². The summed E-state index contributed by atoms with van der Waals surface area (Å²) in [6, 6.07) is 6.82. The van der Waals surface area contributed by atoms with Crippen LogP contribution < -0.4 is 5.73 Å². The van der Waals surface area contributed by atoms with Gasteiger partial charge in [0.2, 0.25) is 0 Å². The van der Waals surface area contributed by atoms with Crippen LogP contribution in [0.1, 0.15) is 22.8 Å². The largest absolute Gasteiger partial charge is 0.462 e. The second-order valence-electron chi connectivity index (χ2n) is 3.03. The van der Waals surface area contributed by atoms with Crippen LogP contribution in [-0.4, -0.2) is 12.6 Å². The fraction of sp³-hybridized carbons (Fsp3) is 0.167. The van der Waals surface area contributed by atoms with Crippen LogP contribution in [0, 0.1) is 11.3 Å². The minimum Gasteiger partial charge on any atom is -0.462 e. The highest BCUT2D eigenvalue weighted by molar-refractivity contribution is 5.95. The van der Waals surface area contributed by atoms with Crippen LogP contribution >= 0.6 is 0 Å². The van der Waals surface area contributed by atoms with Crippen LogP contribution in [0.3, 0.4) is 0 Å². The Kier molecular flexibility index (Phi) is 4.10. The third-order valence-corrected chi connectivity index (χ3v) is 1.92. The molecule has 1 aromatic rings. The van der Waals surface area contributed by atoms with Crippen molar-refractivity contribution in [2.45, 2.75) is 6.92 Å². The molecular formula is C12H12N2O2. The number of carbonyl (C=O) groups excluding carboxylic acids is 1. The van der Waals surface area contributed by atoms with E-state index in [0.717, 1.165) is 5.56 Å². The summed E-state index contributed by atoms with van der Waals surface area (Å²) in [5.74, 6) is -0.452. The summed E-state index contributed by atoms with van der Waals surface area (Å²) >= 11 is 0. The number of esters is 1. The van der Waals surface area contributed by atoms with Crippen LogP contribution in [0.4, 0.5) is 5.69 Å². The minimum absolute atomic E-state index is 0.302. The number of hydrogen-bond acceptors (Lipinski definition) is 4. The van der Waals surface area contributed by atoms with Gasteiger partial charge in [0.15, 0.2) is 0 Å². The van der Waals surface area contributed by atoms with Crippen LogP contribution in [0.5, 0.6) is 0 Å². The molecule has 0 radical (unpaired) electrons. The second-order valence-corrected chi connectivity index (χ2v) is 3.03. The van der Waals surface area contributed by atoms with Gasteiger partial charge < -0.3 is 10.5 Å². The van der Waals surface area contributed by atoms with Crippen LogP contribution in [-0.2, 0) is 4.74 Å². The van der Waals surface area contributed by atoms with E-state index in [0.29, 0.717) is 17.9 Å². The lowest BCUT2D eigenvalue weighted by Crippen LogP contribution is -2.08. The molecule has 2 N–H and O–H groups in total. The van der Waals surface area contributed by atoms with E-state index in [9.17, 15) is 4.79 Å². The smallest absolute Gasteiger partial charge is 0.340 e. The second kappa shape index (κ2) is 5.56. The third-order valence-electron chi connectivity index (χ3n) is 1.92. The molecule has 0 saturated heterocycles. The van der Waals surface area contributed by atoms with Gasteiger partial charge in [-0.05, 0) is 30.7 Å². The summed E-state index contributed by atoms with van der Waals surface area (Å²) in [6.07, 6.45) is 2.93. The summed E-state index contributed by atoms with van der Waals surface area (Å²) in [5.41, 5.74) is 7.08. The minimum atomic E-state index is -0.452. The quantitative estimate of drug-likeness (QED) is 0.476. The number of nitrogens with zero attached hydrogens (tertiary/aromatic N) is 1. The average molecular weight is 216 g/mol. The van der Waals surface area contributed by atoms with Gasteiger partial charge in [-0.3, -0.25) is 0 Å². The SMILES string of the molecule is CCOC(=O)c1cc(C=CC#N)ccc1N. The van der Waals surface area contributed by atoms with E-state index < -0.39 is 5.97 Å². The molecule has 82 valence electrons. The maximum atomic E-state index is 11.5. The molecule has 0 aliphatic heterocycles. The zero-order chi connectivity index (χ0) is 12.0. The lowest BCUT2D eigenvalue weighted by molar-refractivity contribution is 0.0527. The van der Waals surface area contributed by atoms with Crippen molar-refractivity contribution >= 4 is 17.7 Å². The number of benzene rings is 1. The molecule has 0 aliphatic carbocycles. The highest BCUT2D eigenvalue weighted by Crippen LogP contribution is 2.16. The first-order chi connectivity index (χ1) is 7.69. The molecule has 0 saturated carbocycles. The summed E-state index contributed by atoms with van der Waals surface area (Å²) in [4.78, 5) is 11.5. The van der Waals surface area contributed by atoms with Crippen molar-refractivity contribution in [3.63, 3.8) is 0 Å². The summed E-state index contributed by atoms with van der Waals surface area (Å²) < 4.78 is 4.86. The van der Waals surface area contributed by atoms with Crippen LogP contribution in [0.25, 0.3) is 6.08 Å². The molecule has 0 heterocycles. The number of allylic oxidation sites excluding steroid dienone is 1. The topological polar surface area (TPSA) is 76.1 Å². The van der Waals surface area contributed by atoms with Crippen molar-refractivity contribution in [3.05, 3.63) is 35.4 Å². The first kappa shape index (κ1) is 11.8. The van der Waals surface area contributed by atoms with Gasteiger partial charge in [-0.25, -0.2) is 4.79 Å². The maximum absolute atomic E-state index is 11.5. The van der Waals surface area contributed by atoms with Gasteiger partial charge in [0, 0.05) is 11.8 Å². The molecule has 0 unspecified atom stereocenters. The van der Waals surface area contributed by atoms with E-state index in [1.165, 1.54) is 6.08 Å². The Balaban J connectivity index is 3.04. The molecule has 0 bridgehead atoms. The number of nitrogen functional groups attached to an aromatic ring is 1. The highest BCUT2D eigenvalue weighted by atomic mass is 16.5. The van der Waals surface area contributed by atoms with Gasteiger partial charge in [0.1, 0.15) is 0 Å². The normalized spacial score (nSPS) is 10.0. The number of nitriles is 1. The predicted molar refractivity (Wildman–Crippen MR) is 61.5 cm³/mol. The Labute approximate surface area is 93.9 Å². The lowest BCUT2D eigenvalue weighted by Gasteiger charge is -2.05. The molecule has 0 aliphatic rings. The summed E-state index contributed by atoms with van der Waals surface area (Å²) in [7, 11) is 0. The molecular weight excluding hydrogens is 204 g/mol. The van der Waals surface area contributed by atoms with E-state index in [-0.39, 0.29) is 0 Å². The Bertz CT molecular complexity index is 459. The van der Waals surface area contributed by atoms with E-state index in [1.807, 2.05) is 6.07 Å². The highest BCUT2D eigenvalue weighted by Gasteiger charge is 2.10. The molecule has 0 amide bonds. The van der Waals surface area contributed by atoms with Gasteiger partial charge in [-0.2, -0.15) is 5.26 Å². The Morgan fingerprint density at radius 3 is 3.00 bits per heavy atom. The number of hydrogen-bond donors (Lipinski definition) is 1. The van der Waals surface area contributed by atoms with Crippen LogP contribution in [0.2, 0.25) is 0 Å². The van der Waals surface area contributed by atoms with E-state index in [4.69, 9.17) is 15.7 Å². The summed E-state index contributed by atoms with van der Waals surface area (Å²) in [5, 5.41) is 8.39. The predicted octanol–water partition coefficient (Wildman–Crippen LogP) is 1.98. The number of nitrogens with two attached hydrogens (primary N) is 1. The van der Waals surface area contributed by atoms with Gasteiger partial charge in [0.05, 0.1) is 18.2 Å². The van der Waals surface area contributed by atoms with Crippen molar-refractivity contribution in [1.82, 2.24) is 0 Å². The van der Waals surface area contributed by atoms with Gasteiger partial charge in [-0.15, -0.1) is 0 Å². The Morgan fingerprint density at radius 1 is 1.62 bits per heavy atom. The van der Waals surface area contributed by atoms with E-state index in [1.54, 1.807) is 31.2 Å². The number of rotatable bonds is 3. The van der Waals surface area contributed by atoms with Crippen molar-refractivity contribution in [1.29, 1.82) is 5.26 Å². The zero-order valence-corrected chi connectivity index (χ0v) is 8.93. The van der Waals surface area contributed by atoms with Gasteiger partial charge in [-0.1, -0.05) is 6.07 Å². The van der Waals surface area contributed by atoms with Crippen molar-refractivity contribution in [2.75, 3.05) is 12.3 Å². The number of anilines is 1. The number of ether oxygens (including phenoxy) is 1. The maximum Gasteiger partial charge on any atom is 0.340 e. The number of carbonyl (C=O) groups is 1. The standard InChI is InChI=1S/C12H12N2O2/c1-2-16-12(15)10-8-9(4-3-7-13)5-6-11(10)14/h3-6,8H,2,14H2,1H3. The molecule has 1 rings (SSSR count). The molecule has 4 nitrogen and oxygen atoms in total. The van der Waals surface area contributed by atoms with Crippen molar-refractivity contribution < 1.29 is 9.53 Å². The first-order valence-corrected chi connectivity index (χ1v) is 4.82. The molecule has 0 atom stereocenters. The average Bonchev–Trinajstić information content (AvgIpc) is 2.28. The third kappa shape index (κ3) is 2.85. The summed E-state index contributed by atoms with van der Waals surface area (Å²) in [6.45, 7) is 2.03. The van der Waals surface area contributed by atoms with Crippen molar-refractivity contribution in [3.8, 4) is 6.07 Å². The molecule has 16 heavy (non-hydrogen) atoms. The van der Waals surface area contributed by atoms with Crippen molar-refractivity contribution in [2.24, 2.45) is 0 Å².